The lowest BCUT2D eigenvalue weighted by molar-refractivity contribution is 0.312. The summed E-state index contributed by atoms with van der Waals surface area (Å²) < 4.78 is 28.0. The van der Waals surface area contributed by atoms with Gasteiger partial charge in [0.1, 0.15) is 4.90 Å². The van der Waals surface area contributed by atoms with E-state index in [4.69, 9.17) is 0 Å². The van der Waals surface area contributed by atoms with Crippen molar-refractivity contribution in [2.45, 2.75) is 17.7 Å². The standard InChI is InChI=1S/C14H19N3O2S.ClH/c1-17(10-11-5-4-8-15-9-11)14-12-6-2-3-7-13(12)20(18,19)16-14;/h2-3,6-7,11,15H,4-5,8-10H2,1H3;1H. The van der Waals surface area contributed by atoms with E-state index in [1.165, 1.54) is 12.8 Å². The fraction of sp³-hybridized carbons (Fsp3) is 0.500. The molecule has 0 spiro atoms. The normalized spacial score (nSPS) is 22.9. The Morgan fingerprint density at radius 3 is 2.86 bits per heavy atom. The fourth-order valence-corrected chi connectivity index (χ4v) is 4.17. The highest BCUT2D eigenvalue weighted by Gasteiger charge is 2.31. The maximum atomic E-state index is 12.0. The number of nitrogens with one attached hydrogen (secondary N) is 1. The maximum absolute atomic E-state index is 12.0. The van der Waals surface area contributed by atoms with Crippen LogP contribution >= 0.6 is 12.4 Å². The fourth-order valence-electron chi connectivity index (χ4n) is 2.92. The predicted octanol–water partition coefficient (Wildman–Crippen LogP) is 1.49. The number of hydrogen-bond donors (Lipinski definition) is 1. The van der Waals surface area contributed by atoms with Crippen LogP contribution in [-0.2, 0) is 10.0 Å². The molecule has 0 aromatic heterocycles. The van der Waals surface area contributed by atoms with Gasteiger partial charge in [-0.25, -0.2) is 0 Å². The van der Waals surface area contributed by atoms with E-state index < -0.39 is 10.0 Å². The average Bonchev–Trinajstić information content (AvgIpc) is 2.73. The Morgan fingerprint density at radius 1 is 1.38 bits per heavy atom. The van der Waals surface area contributed by atoms with Gasteiger partial charge in [-0.05, 0) is 44.0 Å². The molecule has 116 valence electrons. The SMILES string of the molecule is CN(CC1CCCNC1)C1=NS(=O)(=O)c2ccccc21.Cl. The summed E-state index contributed by atoms with van der Waals surface area (Å²) in [6.45, 7) is 2.90. The predicted molar refractivity (Wildman–Crippen MR) is 85.6 cm³/mol. The van der Waals surface area contributed by atoms with Crippen molar-refractivity contribution in [3.63, 3.8) is 0 Å². The number of sulfonamides is 1. The van der Waals surface area contributed by atoms with Crippen LogP contribution in [0.25, 0.3) is 0 Å². The molecule has 21 heavy (non-hydrogen) atoms. The van der Waals surface area contributed by atoms with E-state index >= 15 is 0 Å². The van der Waals surface area contributed by atoms with Gasteiger partial charge in [0, 0.05) is 19.2 Å². The second kappa shape index (κ2) is 6.34. The summed E-state index contributed by atoms with van der Waals surface area (Å²) in [5.74, 6) is 1.12. The first-order valence-corrected chi connectivity index (χ1v) is 8.38. The first kappa shape index (κ1) is 16.3. The number of halogens is 1. The number of amidine groups is 1. The lowest BCUT2D eigenvalue weighted by Crippen LogP contribution is -2.39. The summed E-state index contributed by atoms with van der Waals surface area (Å²) >= 11 is 0. The summed E-state index contributed by atoms with van der Waals surface area (Å²) in [7, 11) is -1.59. The third-order valence-electron chi connectivity index (χ3n) is 3.91. The number of nitrogens with zero attached hydrogens (tertiary/aromatic N) is 2. The molecular formula is C14H20ClN3O2S. The van der Waals surface area contributed by atoms with Crippen molar-refractivity contribution in [1.29, 1.82) is 0 Å². The van der Waals surface area contributed by atoms with E-state index in [0.717, 1.165) is 25.2 Å². The van der Waals surface area contributed by atoms with Crippen molar-refractivity contribution in [1.82, 2.24) is 10.2 Å². The third kappa shape index (κ3) is 3.22. The molecule has 0 radical (unpaired) electrons. The lowest BCUT2D eigenvalue weighted by Gasteiger charge is -2.28. The van der Waals surface area contributed by atoms with Crippen molar-refractivity contribution >= 4 is 28.3 Å². The number of piperidine rings is 1. The van der Waals surface area contributed by atoms with Crippen LogP contribution in [0.3, 0.4) is 0 Å². The Morgan fingerprint density at radius 2 is 2.14 bits per heavy atom. The van der Waals surface area contributed by atoms with Crippen LogP contribution < -0.4 is 5.32 Å². The van der Waals surface area contributed by atoms with E-state index in [2.05, 4.69) is 9.71 Å². The summed E-state index contributed by atoms with van der Waals surface area (Å²) in [5, 5.41) is 3.38. The molecule has 1 aromatic carbocycles. The van der Waals surface area contributed by atoms with Gasteiger partial charge in [-0.2, -0.15) is 8.42 Å². The zero-order valence-electron chi connectivity index (χ0n) is 11.9. The van der Waals surface area contributed by atoms with Crippen LogP contribution in [0.1, 0.15) is 18.4 Å². The van der Waals surface area contributed by atoms with Crippen molar-refractivity contribution in [2.75, 3.05) is 26.7 Å². The summed E-state index contributed by atoms with van der Waals surface area (Å²) in [6, 6.07) is 7.04. The van der Waals surface area contributed by atoms with E-state index in [9.17, 15) is 8.42 Å². The third-order valence-corrected chi connectivity index (χ3v) is 5.23. The first-order valence-electron chi connectivity index (χ1n) is 6.94. The summed E-state index contributed by atoms with van der Waals surface area (Å²) in [5.41, 5.74) is 0.721. The summed E-state index contributed by atoms with van der Waals surface area (Å²) in [6.07, 6.45) is 2.36. The molecule has 1 N–H and O–H groups in total. The second-order valence-electron chi connectivity index (χ2n) is 5.48. The molecule has 2 heterocycles. The molecule has 0 bridgehead atoms. The van der Waals surface area contributed by atoms with E-state index in [0.29, 0.717) is 16.6 Å². The van der Waals surface area contributed by atoms with Gasteiger partial charge in [-0.1, -0.05) is 12.1 Å². The molecule has 7 heteroatoms. The zero-order valence-corrected chi connectivity index (χ0v) is 13.6. The van der Waals surface area contributed by atoms with E-state index in [1.54, 1.807) is 12.1 Å². The smallest absolute Gasteiger partial charge is 0.285 e. The van der Waals surface area contributed by atoms with Gasteiger partial charge in [0.25, 0.3) is 10.0 Å². The highest BCUT2D eigenvalue weighted by molar-refractivity contribution is 7.90. The van der Waals surface area contributed by atoms with Crippen LogP contribution in [0.4, 0.5) is 0 Å². The molecule has 1 saturated heterocycles. The minimum atomic E-state index is -3.51. The molecule has 2 aliphatic heterocycles. The number of rotatable bonds is 2. The van der Waals surface area contributed by atoms with Gasteiger partial charge >= 0.3 is 0 Å². The number of hydrogen-bond acceptors (Lipinski definition) is 4. The highest BCUT2D eigenvalue weighted by atomic mass is 35.5. The van der Waals surface area contributed by atoms with Gasteiger partial charge in [0.2, 0.25) is 0 Å². The molecule has 1 unspecified atom stereocenters. The minimum Gasteiger partial charge on any atom is -0.358 e. The van der Waals surface area contributed by atoms with E-state index in [-0.39, 0.29) is 12.4 Å². The lowest BCUT2D eigenvalue weighted by atomic mass is 9.99. The van der Waals surface area contributed by atoms with Gasteiger partial charge in [-0.3, -0.25) is 0 Å². The first-order chi connectivity index (χ1) is 9.58. The highest BCUT2D eigenvalue weighted by Crippen LogP contribution is 2.27. The number of fused-ring (bicyclic) bond motifs is 1. The van der Waals surface area contributed by atoms with Crippen LogP contribution in [-0.4, -0.2) is 45.8 Å². The molecule has 0 aliphatic carbocycles. The molecule has 5 nitrogen and oxygen atoms in total. The average molecular weight is 330 g/mol. The van der Waals surface area contributed by atoms with Gasteiger partial charge in [-0.15, -0.1) is 16.8 Å². The Bertz CT molecular complexity index is 639. The molecule has 2 aliphatic rings. The van der Waals surface area contributed by atoms with Crippen LogP contribution in [0.5, 0.6) is 0 Å². The van der Waals surface area contributed by atoms with Crippen molar-refractivity contribution in [2.24, 2.45) is 10.3 Å². The van der Waals surface area contributed by atoms with Crippen molar-refractivity contribution < 1.29 is 8.42 Å². The Labute approximate surface area is 131 Å². The van der Waals surface area contributed by atoms with Crippen LogP contribution in [0, 0.1) is 5.92 Å². The topological polar surface area (TPSA) is 61.8 Å². The molecule has 1 fully saturated rings. The molecule has 1 aromatic rings. The van der Waals surface area contributed by atoms with Gasteiger partial charge in [0.15, 0.2) is 5.84 Å². The molecule has 1 atom stereocenters. The van der Waals surface area contributed by atoms with E-state index in [1.807, 2.05) is 24.1 Å². The monoisotopic (exact) mass is 329 g/mol. The molecular weight excluding hydrogens is 310 g/mol. The van der Waals surface area contributed by atoms with Gasteiger partial charge in [0.05, 0.1) is 0 Å². The number of benzene rings is 1. The Balaban J connectivity index is 0.00000161. The molecule has 3 rings (SSSR count). The van der Waals surface area contributed by atoms with Crippen molar-refractivity contribution in [3.8, 4) is 0 Å². The summed E-state index contributed by atoms with van der Waals surface area (Å²) in [4.78, 5) is 2.30. The van der Waals surface area contributed by atoms with Crippen LogP contribution in [0.15, 0.2) is 33.6 Å². The Hall–Kier alpha value is -1.11. The van der Waals surface area contributed by atoms with Crippen LogP contribution in [0.2, 0.25) is 0 Å². The van der Waals surface area contributed by atoms with Gasteiger partial charge < -0.3 is 10.2 Å². The molecule has 0 amide bonds. The molecule has 0 saturated carbocycles. The minimum absolute atomic E-state index is 0. The Kier molecular flexibility index (Phi) is 4.91. The second-order valence-corrected chi connectivity index (χ2v) is 7.05. The quantitative estimate of drug-likeness (QED) is 0.893. The largest absolute Gasteiger partial charge is 0.358 e. The maximum Gasteiger partial charge on any atom is 0.285 e. The zero-order chi connectivity index (χ0) is 14.2. The van der Waals surface area contributed by atoms with Crippen molar-refractivity contribution in [3.05, 3.63) is 29.8 Å².